The molecule has 0 radical (unpaired) electrons. The van der Waals surface area contributed by atoms with Crippen molar-refractivity contribution in [1.29, 1.82) is 0 Å². The molecule has 0 aromatic heterocycles. The van der Waals surface area contributed by atoms with Gasteiger partial charge in [-0.05, 0) is 50.4 Å². The molecular weight excluding hydrogens is 175 g/mol. The highest BCUT2D eigenvalue weighted by molar-refractivity contribution is 5.01. The smallest absolute Gasteiger partial charge is 0.108 e. The van der Waals surface area contributed by atoms with Crippen LogP contribution in [0.2, 0.25) is 0 Å². The summed E-state index contributed by atoms with van der Waals surface area (Å²) < 4.78 is 13.7. The van der Waals surface area contributed by atoms with Crippen molar-refractivity contribution in [3.05, 3.63) is 12.7 Å². The summed E-state index contributed by atoms with van der Waals surface area (Å²) in [6.07, 6.45) is 6.58. The molecule has 14 heavy (non-hydrogen) atoms. The third-order valence-corrected chi connectivity index (χ3v) is 3.54. The molecule has 1 heteroatoms. The van der Waals surface area contributed by atoms with Gasteiger partial charge < -0.3 is 0 Å². The maximum atomic E-state index is 13.7. The van der Waals surface area contributed by atoms with E-state index in [0.29, 0.717) is 18.8 Å². The molecule has 1 rings (SSSR count). The van der Waals surface area contributed by atoms with Gasteiger partial charge in [-0.1, -0.05) is 19.9 Å². The molecule has 0 atom stereocenters. The third-order valence-electron chi connectivity index (χ3n) is 3.54. The normalized spacial score (nSPS) is 38.6. The molecule has 0 nitrogen and oxygen atoms in total. The van der Waals surface area contributed by atoms with E-state index in [0.717, 1.165) is 19.3 Å². The minimum Gasteiger partial charge on any atom is -0.244 e. The third kappa shape index (κ3) is 2.83. The van der Waals surface area contributed by atoms with Crippen molar-refractivity contribution in [3.8, 4) is 0 Å². The van der Waals surface area contributed by atoms with Crippen LogP contribution in [0, 0.1) is 11.3 Å². The summed E-state index contributed by atoms with van der Waals surface area (Å²) in [6, 6.07) is 0. The summed E-state index contributed by atoms with van der Waals surface area (Å²) in [5, 5.41) is 0. The topological polar surface area (TPSA) is 0 Å². The van der Waals surface area contributed by atoms with E-state index in [1.165, 1.54) is 0 Å². The number of hydrogen-bond acceptors (Lipinski definition) is 0. The summed E-state index contributed by atoms with van der Waals surface area (Å²) in [5.74, 6) is 0.678. The van der Waals surface area contributed by atoms with E-state index < -0.39 is 5.67 Å². The molecule has 0 aromatic rings. The second kappa shape index (κ2) is 4.04. The van der Waals surface area contributed by atoms with Gasteiger partial charge >= 0.3 is 0 Å². The van der Waals surface area contributed by atoms with Crippen molar-refractivity contribution in [1.82, 2.24) is 0 Å². The Balaban J connectivity index is 2.61. The van der Waals surface area contributed by atoms with Crippen LogP contribution in [0.5, 0.6) is 0 Å². The molecule has 0 N–H and O–H groups in total. The van der Waals surface area contributed by atoms with Gasteiger partial charge in [0.1, 0.15) is 5.67 Å². The molecule has 0 bridgehead atoms. The highest BCUT2D eigenvalue weighted by Gasteiger charge is 2.38. The van der Waals surface area contributed by atoms with Crippen LogP contribution in [0.3, 0.4) is 0 Å². The van der Waals surface area contributed by atoms with E-state index in [1.54, 1.807) is 6.92 Å². The predicted molar refractivity (Wildman–Crippen MR) is 60.1 cm³/mol. The van der Waals surface area contributed by atoms with Crippen molar-refractivity contribution < 1.29 is 4.39 Å². The molecule has 82 valence electrons. The highest BCUT2D eigenvalue weighted by atomic mass is 19.1. The first-order chi connectivity index (χ1) is 6.39. The van der Waals surface area contributed by atoms with E-state index in [-0.39, 0.29) is 5.41 Å². The fourth-order valence-corrected chi connectivity index (χ4v) is 2.57. The molecule has 0 amide bonds. The Labute approximate surface area is 87.6 Å². The largest absolute Gasteiger partial charge is 0.244 e. The summed E-state index contributed by atoms with van der Waals surface area (Å²) in [5.41, 5.74) is -0.705. The molecule has 0 aromatic carbocycles. The molecule has 0 saturated heterocycles. The Morgan fingerprint density at radius 3 is 2.14 bits per heavy atom. The second-order valence-corrected chi connectivity index (χ2v) is 5.58. The molecule has 0 spiro atoms. The zero-order valence-corrected chi connectivity index (χ0v) is 9.78. The molecule has 1 aliphatic carbocycles. The van der Waals surface area contributed by atoms with Crippen LogP contribution in [0.1, 0.15) is 52.9 Å². The number of rotatable bonds is 3. The molecule has 1 saturated carbocycles. The Hall–Kier alpha value is -0.330. The maximum absolute atomic E-state index is 13.7. The van der Waals surface area contributed by atoms with Gasteiger partial charge in [-0.2, -0.15) is 0 Å². The van der Waals surface area contributed by atoms with Gasteiger partial charge in [0.05, 0.1) is 0 Å². The molecule has 0 unspecified atom stereocenters. The van der Waals surface area contributed by atoms with Crippen molar-refractivity contribution in [2.75, 3.05) is 0 Å². The van der Waals surface area contributed by atoms with E-state index in [2.05, 4.69) is 26.5 Å². The van der Waals surface area contributed by atoms with Crippen LogP contribution in [-0.4, -0.2) is 5.67 Å². The molecule has 0 aliphatic heterocycles. The first kappa shape index (κ1) is 11.7. The molecule has 0 heterocycles. The van der Waals surface area contributed by atoms with Crippen LogP contribution in [0.4, 0.5) is 4.39 Å². The Kier molecular flexibility index (Phi) is 3.39. The molecule has 1 fully saturated rings. The first-order valence-electron chi connectivity index (χ1n) is 5.72. The summed E-state index contributed by atoms with van der Waals surface area (Å²) in [4.78, 5) is 0. The molecule has 1 aliphatic rings. The van der Waals surface area contributed by atoms with E-state index in [4.69, 9.17) is 0 Å². The quantitative estimate of drug-likeness (QED) is 0.585. The maximum Gasteiger partial charge on any atom is 0.108 e. The van der Waals surface area contributed by atoms with Gasteiger partial charge in [-0.15, -0.1) is 6.58 Å². The van der Waals surface area contributed by atoms with Crippen LogP contribution < -0.4 is 0 Å². The van der Waals surface area contributed by atoms with Gasteiger partial charge in [0.2, 0.25) is 0 Å². The van der Waals surface area contributed by atoms with Crippen molar-refractivity contribution in [2.45, 2.75) is 58.5 Å². The monoisotopic (exact) mass is 198 g/mol. The van der Waals surface area contributed by atoms with E-state index in [1.807, 2.05) is 0 Å². The number of halogens is 1. The fourth-order valence-electron chi connectivity index (χ4n) is 2.57. The van der Waals surface area contributed by atoms with Gasteiger partial charge in [0.15, 0.2) is 0 Å². The highest BCUT2D eigenvalue weighted by Crippen LogP contribution is 2.46. The van der Waals surface area contributed by atoms with Gasteiger partial charge in [0, 0.05) is 0 Å². The van der Waals surface area contributed by atoms with E-state index in [9.17, 15) is 4.39 Å². The Bertz CT molecular complexity index is 193. The number of allylic oxidation sites excluding steroid dienone is 1. The second-order valence-electron chi connectivity index (χ2n) is 5.58. The summed E-state index contributed by atoms with van der Waals surface area (Å²) in [7, 11) is 0. The van der Waals surface area contributed by atoms with Gasteiger partial charge in [-0.3, -0.25) is 0 Å². The first-order valence-corrected chi connectivity index (χ1v) is 5.72. The SMILES string of the molecule is C=CC1(CC(C)C)CCC(C)(F)CC1. The zero-order chi connectivity index (χ0) is 10.8. The van der Waals surface area contributed by atoms with E-state index >= 15 is 0 Å². The van der Waals surface area contributed by atoms with Crippen molar-refractivity contribution >= 4 is 0 Å². The van der Waals surface area contributed by atoms with Crippen LogP contribution in [-0.2, 0) is 0 Å². The number of hydrogen-bond donors (Lipinski definition) is 0. The van der Waals surface area contributed by atoms with Crippen LogP contribution in [0.25, 0.3) is 0 Å². The lowest BCUT2D eigenvalue weighted by Gasteiger charge is -2.40. The van der Waals surface area contributed by atoms with Crippen molar-refractivity contribution in [2.24, 2.45) is 11.3 Å². The number of alkyl halides is 1. The summed E-state index contributed by atoms with van der Waals surface area (Å²) >= 11 is 0. The average molecular weight is 198 g/mol. The predicted octanol–water partition coefficient (Wildman–Crippen LogP) is 4.51. The lowest BCUT2D eigenvalue weighted by atomic mass is 9.66. The zero-order valence-electron chi connectivity index (χ0n) is 9.78. The minimum absolute atomic E-state index is 0.222. The standard InChI is InChI=1S/C13H23F/c1-5-13(10-11(2)3)8-6-12(4,14)7-9-13/h5,11H,1,6-10H2,2-4H3. The molecular formula is C13H23F. The van der Waals surface area contributed by atoms with Crippen molar-refractivity contribution in [3.63, 3.8) is 0 Å². The van der Waals surface area contributed by atoms with Crippen LogP contribution in [0.15, 0.2) is 12.7 Å². The minimum atomic E-state index is -0.927. The summed E-state index contributed by atoms with van der Waals surface area (Å²) in [6.45, 7) is 10.1. The fraction of sp³-hybridized carbons (Fsp3) is 0.846. The van der Waals surface area contributed by atoms with Gasteiger partial charge in [0.25, 0.3) is 0 Å². The Morgan fingerprint density at radius 1 is 1.29 bits per heavy atom. The van der Waals surface area contributed by atoms with Gasteiger partial charge in [-0.25, -0.2) is 4.39 Å². The average Bonchev–Trinajstić information content (AvgIpc) is 2.09. The van der Waals surface area contributed by atoms with Crippen LogP contribution >= 0.6 is 0 Å². The Morgan fingerprint density at radius 2 is 1.79 bits per heavy atom. The lowest BCUT2D eigenvalue weighted by Crippen LogP contribution is -2.33. The lowest BCUT2D eigenvalue weighted by molar-refractivity contribution is 0.0656.